The smallest absolute Gasteiger partial charge is 0.235 e. The average molecular weight is 416 g/mol. The third-order valence-corrected chi connectivity index (χ3v) is 6.73. The van der Waals surface area contributed by atoms with Crippen molar-refractivity contribution < 1.29 is 0 Å². The molecule has 8 heteroatoms. The second kappa shape index (κ2) is 7.00. The molecule has 6 rings (SSSR count). The number of aryl methyl sites for hydroxylation is 1. The molecular weight excluding hydrogens is 394 g/mol. The van der Waals surface area contributed by atoms with Gasteiger partial charge in [-0.15, -0.1) is 10.2 Å². The Morgan fingerprint density at radius 3 is 2.83 bits per heavy atom. The molecule has 1 aliphatic heterocycles. The summed E-state index contributed by atoms with van der Waals surface area (Å²) in [7, 11) is 0. The first-order valence-corrected chi connectivity index (χ1v) is 11.0. The average Bonchev–Trinajstić information content (AvgIpc) is 3.52. The van der Waals surface area contributed by atoms with Gasteiger partial charge >= 0.3 is 0 Å². The summed E-state index contributed by atoms with van der Waals surface area (Å²) in [5.74, 6) is 1.35. The zero-order valence-corrected chi connectivity index (χ0v) is 17.5. The fraction of sp³-hybridized carbons (Fsp3) is 0.273. The molecule has 4 aromatic heterocycles. The normalized spacial score (nSPS) is 17.4. The summed E-state index contributed by atoms with van der Waals surface area (Å²) < 4.78 is 3.92. The second-order valence-corrected chi connectivity index (χ2v) is 8.86. The number of likely N-dealkylation sites (tertiary alicyclic amines) is 1. The fourth-order valence-corrected chi connectivity index (χ4v) is 5.29. The number of hydrogen-bond acceptors (Lipinski definition) is 6. The molecule has 0 unspecified atom stereocenters. The first-order valence-electron chi connectivity index (χ1n) is 10.2. The van der Waals surface area contributed by atoms with Gasteiger partial charge in [0.1, 0.15) is 16.3 Å². The molecule has 1 aromatic carbocycles. The van der Waals surface area contributed by atoms with E-state index in [0.717, 1.165) is 52.5 Å². The summed E-state index contributed by atoms with van der Waals surface area (Å²) in [6.07, 6.45) is 3.20. The van der Waals surface area contributed by atoms with E-state index >= 15 is 0 Å². The SMILES string of the molecule is Cc1nc2ccccn2c1-c1nnc2sc(CN3CC[C@H](c4ccccc4)C3)nn12. The van der Waals surface area contributed by atoms with Gasteiger partial charge < -0.3 is 0 Å². The van der Waals surface area contributed by atoms with Gasteiger partial charge in [-0.05, 0) is 43.5 Å². The molecule has 5 heterocycles. The summed E-state index contributed by atoms with van der Waals surface area (Å²) in [6, 6.07) is 16.8. The fourth-order valence-electron chi connectivity index (χ4n) is 4.42. The third kappa shape index (κ3) is 2.91. The van der Waals surface area contributed by atoms with Gasteiger partial charge in [0.25, 0.3) is 0 Å². The van der Waals surface area contributed by atoms with Crippen molar-refractivity contribution in [2.24, 2.45) is 0 Å². The highest BCUT2D eigenvalue weighted by Gasteiger charge is 2.25. The lowest BCUT2D eigenvalue weighted by atomic mass is 9.99. The Bertz CT molecular complexity index is 1330. The maximum Gasteiger partial charge on any atom is 0.235 e. The molecule has 1 fully saturated rings. The van der Waals surface area contributed by atoms with Gasteiger partial charge in [-0.1, -0.05) is 47.7 Å². The van der Waals surface area contributed by atoms with Crippen LogP contribution in [0.5, 0.6) is 0 Å². The Labute approximate surface area is 177 Å². The zero-order chi connectivity index (χ0) is 20.1. The highest BCUT2D eigenvalue weighted by atomic mass is 32.1. The number of aromatic nitrogens is 6. The van der Waals surface area contributed by atoms with Gasteiger partial charge in [-0.2, -0.15) is 9.61 Å². The van der Waals surface area contributed by atoms with E-state index in [0.29, 0.717) is 5.92 Å². The van der Waals surface area contributed by atoms with Crippen molar-refractivity contribution in [1.82, 2.24) is 34.1 Å². The minimum Gasteiger partial charge on any atom is -0.297 e. The number of hydrogen-bond donors (Lipinski definition) is 0. The molecule has 0 bridgehead atoms. The van der Waals surface area contributed by atoms with Gasteiger partial charge in [-0.25, -0.2) is 4.98 Å². The van der Waals surface area contributed by atoms with Gasteiger partial charge in [0.2, 0.25) is 10.8 Å². The van der Waals surface area contributed by atoms with E-state index in [1.165, 1.54) is 12.0 Å². The van der Waals surface area contributed by atoms with Crippen LogP contribution >= 0.6 is 11.3 Å². The van der Waals surface area contributed by atoms with Crippen LogP contribution < -0.4 is 0 Å². The number of pyridine rings is 1. The van der Waals surface area contributed by atoms with Crippen LogP contribution in [0.4, 0.5) is 0 Å². The Hall–Kier alpha value is -3.10. The number of rotatable bonds is 4. The van der Waals surface area contributed by atoms with E-state index < -0.39 is 0 Å². The molecular formula is C22H21N7S. The summed E-state index contributed by atoms with van der Waals surface area (Å²) >= 11 is 1.62. The monoisotopic (exact) mass is 415 g/mol. The second-order valence-electron chi connectivity index (χ2n) is 7.82. The first kappa shape index (κ1) is 17.7. The van der Waals surface area contributed by atoms with Crippen molar-refractivity contribution in [2.45, 2.75) is 25.8 Å². The lowest BCUT2D eigenvalue weighted by Gasteiger charge is -2.14. The minimum atomic E-state index is 0.605. The summed E-state index contributed by atoms with van der Waals surface area (Å²) in [6.45, 7) is 5.02. The Kier molecular flexibility index (Phi) is 4.14. The molecule has 0 amide bonds. The van der Waals surface area contributed by atoms with Gasteiger partial charge in [0.05, 0.1) is 12.2 Å². The Balaban J connectivity index is 1.28. The number of imidazole rings is 1. The maximum absolute atomic E-state index is 4.87. The lowest BCUT2D eigenvalue weighted by Crippen LogP contribution is -2.19. The van der Waals surface area contributed by atoms with Crippen LogP contribution in [0.1, 0.15) is 28.6 Å². The molecule has 7 nitrogen and oxygen atoms in total. The molecule has 1 aliphatic rings. The topological polar surface area (TPSA) is 63.6 Å². The lowest BCUT2D eigenvalue weighted by molar-refractivity contribution is 0.325. The largest absolute Gasteiger partial charge is 0.297 e. The molecule has 5 aromatic rings. The summed E-state index contributed by atoms with van der Waals surface area (Å²) in [5.41, 5.74) is 4.21. The van der Waals surface area contributed by atoms with Crippen LogP contribution in [-0.2, 0) is 6.54 Å². The van der Waals surface area contributed by atoms with E-state index in [2.05, 4.69) is 54.8 Å². The van der Waals surface area contributed by atoms with Crippen molar-refractivity contribution in [3.63, 3.8) is 0 Å². The van der Waals surface area contributed by atoms with E-state index in [1.807, 2.05) is 35.8 Å². The van der Waals surface area contributed by atoms with Gasteiger partial charge in [0, 0.05) is 12.7 Å². The van der Waals surface area contributed by atoms with Crippen molar-refractivity contribution in [3.05, 3.63) is 71.0 Å². The van der Waals surface area contributed by atoms with Crippen molar-refractivity contribution in [2.75, 3.05) is 13.1 Å². The highest BCUT2D eigenvalue weighted by Crippen LogP contribution is 2.30. The highest BCUT2D eigenvalue weighted by molar-refractivity contribution is 7.16. The van der Waals surface area contributed by atoms with Gasteiger partial charge in [0.15, 0.2) is 0 Å². The summed E-state index contributed by atoms with van der Waals surface area (Å²) in [5, 5.41) is 14.7. The van der Waals surface area contributed by atoms with E-state index in [1.54, 1.807) is 11.3 Å². The van der Waals surface area contributed by atoms with Crippen LogP contribution in [0.15, 0.2) is 54.7 Å². The number of fused-ring (bicyclic) bond motifs is 2. The van der Waals surface area contributed by atoms with Gasteiger partial charge in [-0.3, -0.25) is 9.30 Å². The molecule has 150 valence electrons. The molecule has 0 radical (unpaired) electrons. The Morgan fingerprint density at radius 1 is 1.07 bits per heavy atom. The molecule has 1 atom stereocenters. The quantitative estimate of drug-likeness (QED) is 0.447. The van der Waals surface area contributed by atoms with Crippen LogP contribution in [0.2, 0.25) is 0 Å². The van der Waals surface area contributed by atoms with Crippen molar-refractivity contribution in [3.8, 4) is 11.5 Å². The molecule has 0 aliphatic carbocycles. The van der Waals surface area contributed by atoms with Crippen molar-refractivity contribution in [1.29, 1.82) is 0 Å². The van der Waals surface area contributed by atoms with Crippen molar-refractivity contribution >= 4 is 21.9 Å². The van der Waals surface area contributed by atoms with E-state index in [4.69, 9.17) is 5.10 Å². The van der Waals surface area contributed by atoms with E-state index in [-0.39, 0.29) is 0 Å². The zero-order valence-electron chi connectivity index (χ0n) is 16.6. The molecule has 1 saturated heterocycles. The van der Waals surface area contributed by atoms with Crippen LogP contribution in [0, 0.1) is 6.92 Å². The predicted octanol–water partition coefficient (Wildman–Crippen LogP) is 3.80. The molecule has 0 saturated carbocycles. The van der Waals surface area contributed by atoms with Crippen LogP contribution in [0.3, 0.4) is 0 Å². The predicted molar refractivity (Wildman–Crippen MR) is 117 cm³/mol. The third-order valence-electron chi connectivity index (χ3n) is 5.85. The molecule has 0 spiro atoms. The maximum atomic E-state index is 4.87. The molecule has 0 N–H and O–H groups in total. The first-order chi connectivity index (χ1) is 14.8. The number of nitrogens with zero attached hydrogens (tertiary/aromatic N) is 7. The Morgan fingerprint density at radius 2 is 1.93 bits per heavy atom. The van der Waals surface area contributed by atoms with Crippen LogP contribution in [-0.4, -0.2) is 47.2 Å². The molecule has 30 heavy (non-hydrogen) atoms. The van der Waals surface area contributed by atoms with E-state index in [9.17, 15) is 0 Å². The minimum absolute atomic E-state index is 0.605. The van der Waals surface area contributed by atoms with Crippen LogP contribution in [0.25, 0.3) is 22.1 Å². The summed E-state index contributed by atoms with van der Waals surface area (Å²) in [4.78, 5) is 7.96. The standard InChI is InChI=1S/C22H21N7S/c1-15-20(28-11-6-5-9-18(28)23-15)21-24-25-22-29(21)26-19(30-22)14-27-12-10-17(13-27)16-7-3-2-4-8-16/h2-9,11,17H,10,12-14H2,1H3/t17-/m0/s1. The number of benzene rings is 1.